The summed E-state index contributed by atoms with van der Waals surface area (Å²) in [5.74, 6) is -0.337. The van der Waals surface area contributed by atoms with Crippen LogP contribution in [0.2, 0.25) is 0 Å². The highest BCUT2D eigenvalue weighted by Crippen LogP contribution is 1.97. The van der Waals surface area contributed by atoms with Crippen molar-refractivity contribution in [3.63, 3.8) is 0 Å². The Kier molecular flexibility index (Phi) is 6.37. The van der Waals surface area contributed by atoms with Gasteiger partial charge in [-0.1, -0.05) is 6.58 Å². The van der Waals surface area contributed by atoms with Gasteiger partial charge in [0, 0.05) is 32.1 Å². The van der Waals surface area contributed by atoms with Gasteiger partial charge in [-0.3, -0.25) is 9.59 Å². The Morgan fingerprint density at radius 1 is 1.33 bits per heavy atom. The molecule has 0 fully saturated rings. The minimum absolute atomic E-state index is 0.0981. The fourth-order valence-electron chi connectivity index (χ4n) is 1.07. The SMILES string of the molecule is C=C(C)C(=O)N(CCO)CCNC(C)=O. The van der Waals surface area contributed by atoms with Gasteiger partial charge in [0.15, 0.2) is 0 Å². The molecule has 0 rings (SSSR count). The van der Waals surface area contributed by atoms with Crippen molar-refractivity contribution in [2.45, 2.75) is 13.8 Å². The fraction of sp³-hybridized carbons (Fsp3) is 0.600. The third-order valence-corrected chi connectivity index (χ3v) is 1.78. The minimum atomic E-state index is -0.200. The van der Waals surface area contributed by atoms with Crippen LogP contribution in [-0.4, -0.2) is 48.1 Å². The van der Waals surface area contributed by atoms with Crippen LogP contribution in [0.4, 0.5) is 0 Å². The monoisotopic (exact) mass is 214 g/mol. The van der Waals surface area contributed by atoms with Crippen LogP contribution in [-0.2, 0) is 9.59 Å². The van der Waals surface area contributed by atoms with Gasteiger partial charge in [0.1, 0.15) is 0 Å². The first-order valence-electron chi connectivity index (χ1n) is 4.79. The number of nitrogens with zero attached hydrogens (tertiary/aromatic N) is 1. The van der Waals surface area contributed by atoms with Gasteiger partial charge in [-0.2, -0.15) is 0 Å². The molecule has 5 nitrogen and oxygen atoms in total. The van der Waals surface area contributed by atoms with E-state index in [-0.39, 0.29) is 25.0 Å². The second-order valence-electron chi connectivity index (χ2n) is 3.28. The van der Waals surface area contributed by atoms with Crippen LogP contribution >= 0.6 is 0 Å². The van der Waals surface area contributed by atoms with Crippen LogP contribution in [0.15, 0.2) is 12.2 Å². The number of nitrogens with one attached hydrogen (secondary N) is 1. The Labute approximate surface area is 89.8 Å². The number of hydrogen-bond acceptors (Lipinski definition) is 3. The van der Waals surface area contributed by atoms with Crippen molar-refractivity contribution >= 4 is 11.8 Å². The number of rotatable bonds is 6. The van der Waals surface area contributed by atoms with Crippen molar-refractivity contribution in [1.29, 1.82) is 0 Å². The van der Waals surface area contributed by atoms with Gasteiger partial charge in [-0.25, -0.2) is 0 Å². The molecule has 0 aliphatic rings. The molecule has 0 radical (unpaired) electrons. The van der Waals surface area contributed by atoms with E-state index in [4.69, 9.17) is 5.11 Å². The lowest BCUT2D eigenvalue weighted by Crippen LogP contribution is -2.39. The van der Waals surface area contributed by atoms with Gasteiger partial charge in [0.2, 0.25) is 11.8 Å². The Balaban J connectivity index is 4.09. The summed E-state index contributed by atoms with van der Waals surface area (Å²) in [6, 6.07) is 0. The lowest BCUT2D eigenvalue weighted by Gasteiger charge is -2.21. The van der Waals surface area contributed by atoms with E-state index in [9.17, 15) is 9.59 Å². The maximum absolute atomic E-state index is 11.5. The Morgan fingerprint density at radius 2 is 1.93 bits per heavy atom. The van der Waals surface area contributed by atoms with Crippen LogP contribution in [0.5, 0.6) is 0 Å². The van der Waals surface area contributed by atoms with E-state index in [0.717, 1.165) is 0 Å². The molecule has 0 spiro atoms. The van der Waals surface area contributed by atoms with E-state index in [0.29, 0.717) is 18.7 Å². The van der Waals surface area contributed by atoms with E-state index in [2.05, 4.69) is 11.9 Å². The van der Waals surface area contributed by atoms with Gasteiger partial charge in [0.05, 0.1) is 6.61 Å². The molecule has 0 aromatic rings. The predicted octanol–water partition coefficient (Wildman–Crippen LogP) is -0.480. The standard InChI is InChI=1S/C10H18N2O3/c1-8(2)10(15)12(6-7-13)5-4-11-9(3)14/h13H,1,4-7H2,2-3H3,(H,11,14). The fourth-order valence-corrected chi connectivity index (χ4v) is 1.07. The summed E-state index contributed by atoms with van der Waals surface area (Å²) in [6.45, 7) is 7.49. The van der Waals surface area contributed by atoms with E-state index in [1.807, 2.05) is 0 Å². The summed E-state index contributed by atoms with van der Waals surface area (Å²) in [4.78, 5) is 23.6. The molecule has 0 aromatic carbocycles. The predicted molar refractivity (Wildman–Crippen MR) is 57.2 cm³/mol. The molecule has 0 aliphatic carbocycles. The summed E-state index contributed by atoms with van der Waals surface area (Å²) < 4.78 is 0. The summed E-state index contributed by atoms with van der Waals surface area (Å²) in [5.41, 5.74) is 0.422. The number of hydrogen-bond donors (Lipinski definition) is 2. The molecule has 2 N–H and O–H groups in total. The first kappa shape index (κ1) is 13.6. The number of amides is 2. The third kappa shape index (κ3) is 5.85. The zero-order chi connectivity index (χ0) is 11.8. The van der Waals surface area contributed by atoms with Gasteiger partial charge >= 0.3 is 0 Å². The molecule has 0 aliphatic heterocycles. The molecule has 2 amide bonds. The van der Waals surface area contributed by atoms with Crippen molar-refractivity contribution in [2.75, 3.05) is 26.2 Å². The van der Waals surface area contributed by atoms with Crippen molar-refractivity contribution in [3.05, 3.63) is 12.2 Å². The molecule has 0 saturated heterocycles. The molecule has 0 atom stereocenters. The van der Waals surface area contributed by atoms with Gasteiger partial charge in [-0.15, -0.1) is 0 Å². The average molecular weight is 214 g/mol. The molecule has 0 aromatic heterocycles. The summed E-state index contributed by atoms with van der Waals surface area (Å²) in [6.07, 6.45) is 0. The zero-order valence-electron chi connectivity index (χ0n) is 9.25. The molecular weight excluding hydrogens is 196 g/mol. The van der Waals surface area contributed by atoms with Crippen molar-refractivity contribution < 1.29 is 14.7 Å². The molecule has 15 heavy (non-hydrogen) atoms. The van der Waals surface area contributed by atoms with E-state index < -0.39 is 0 Å². The highest BCUT2D eigenvalue weighted by atomic mass is 16.3. The van der Waals surface area contributed by atoms with Crippen LogP contribution in [0.3, 0.4) is 0 Å². The Bertz CT molecular complexity index is 251. The molecule has 86 valence electrons. The second-order valence-corrected chi connectivity index (χ2v) is 3.28. The molecular formula is C10H18N2O3. The van der Waals surface area contributed by atoms with Crippen LogP contribution in [0.25, 0.3) is 0 Å². The van der Waals surface area contributed by atoms with E-state index >= 15 is 0 Å². The Morgan fingerprint density at radius 3 is 2.33 bits per heavy atom. The van der Waals surface area contributed by atoms with Crippen molar-refractivity contribution in [1.82, 2.24) is 10.2 Å². The summed E-state index contributed by atoms with van der Waals surface area (Å²) >= 11 is 0. The largest absolute Gasteiger partial charge is 0.395 e. The summed E-state index contributed by atoms with van der Waals surface area (Å²) in [5, 5.41) is 11.3. The number of carbonyl (C=O) groups excluding carboxylic acids is 2. The number of carbonyl (C=O) groups is 2. The van der Waals surface area contributed by atoms with Crippen LogP contribution < -0.4 is 5.32 Å². The minimum Gasteiger partial charge on any atom is -0.395 e. The maximum atomic E-state index is 11.5. The van der Waals surface area contributed by atoms with Crippen molar-refractivity contribution in [2.24, 2.45) is 0 Å². The van der Waals surface area contributed by atoms with E-state index in [1.165, 1.54) is 11.8 Å². The number of aliphatic hydroxyl groups is 1. The summed E-state index contributed by atoms with van der Waals surface area (Å²) in [7, 11) is 0. The van der Waals surface area contributed by atoms with Gasteiger partial charge < -0.3 is 15.3 Å². The second kappa shape index (κ2) is 7.00. The molecule has 0 unspecified atom stereocenters. The highest BCUT2D eigenvalue weighted by molar-refractivity contribution is 5.92. The first-order chi connectivity index (χ1) is 6.99. The molecule has 0 saturated carbocycles. The van der Waals surface area contributed by atoms with E-state index in [1.54, 1.807) is 6.92 Å². The average Bonchev–Trinajstić information content (AvgIpc) is 2.14. The molecule has 0 bridgehead atoms. The molecule has 5 heteroatoms. The van der Waals surface area contributed by atoms with Gasteiger partial charge in [0.25, 0.3) is 0 Å². The molecule has 0 heterocycles. The first-order valence-corrected chi connectivity index (χ1v) is 4.79. The Hall–Kier alpha value is -1.36. The smallest absolute Gasteiger partial charge is 0.249 e. The third-order valence-electron chi connectivity index (χ3n) is 1.78. The van der Waals surface area contributed by atoms with Crippen molar-refractivity contribution in [3.8, 4) is 0 Å². The topological polar surface area (TPSA) is 69.6 Å². The lowest BCUT2D eigenvalue weighted by atomic mass is 10.3. The quantitative estimate of drug-likeness (QED) is 0.587. The van der Waals surface area contributed by atoms with Crippen LogP contribution in [0, 0.1) is 0 Å². The van der Waals surface area contributed by atoms with Crippen LogP contribution in [0.1, 0.15) is 13.8 Å². The van der Waals surface area contributed by atoms with Gasteiger partial charge in [-0.05, 0) is 6.92 Å². The lowest BCUT2D eigenvalue weighted by molar-refractivity contribution is -0.128. The normalized spacial score (nSPS) is 9.53. The zero-order valence-corrected chi connectivity index (χ0v) is 9.25. The highest BCUT2D eigenvalue weighted by Gasteiger charge is 2.12. The number of aliphatic hydroxyl groups excluding tert-OH is 1. The maximum Gasteiger partial charge on any atom is 0.249 e.